The fraction of sp³-hybridized carbons (Fsp3) is 0.0526. The highest BCUT2D eigenvalue weighted by Gasteiger charge is 2.23. The molecule has 5 rings (SSSR count). The Morgan fingerprint density at radius 2 is 1.96 bits per heavy atom. The summed E-state index contributed by atoms with van der Waals surface area (Å²) >= 11 is 7.99. The molecule has 1 N–H and O–H groups in total. The summed E-state index contributed by atoms with van der Waals surface area (Å²) < 4.78 is 1.87. The van der Waals surface area contributed by atoms with E-state index in [1.165, 1.54) is 11.3 Å². The lowest BCUT2D eigenvalue weighted by Crippen LogP contribution is -1.86. The summed E-state index contributed by atoms with van der Waals surface area (Å²) in [6.07, 6.45) is 3.50. The van der Waals surface area contributed by atoms with Gasteiger partial charge in [-0.3, -0.25) is 5.10 Å². The van der Waals surface area contributed by atoms with E-state index in [-0.39, 0.29) is 0 Å². The molecule has 0 fully saturated rings. The van der Waals surface area contributed by atoms with E-state index in [0.29, 0.717) is 10.8 Å². The maximum absolute atomic E-state index is 6.45. The van der Waals surface area contributed by atoms with E-state index in [0.717, 1.165) is 37.9 Å². The van der Waals surface area contributed by atoms with Crippen LogP contribution in [0.2, 0.25) is 5.02 Å². The molecule has 4 heterocycles. The van der Waals surface area contributed by atoms with Crippen LogP contribution in [0.1, 0.15) is 5.69 Å². The van der Waals surface area contributed by atoms with Crippen molar-refractivity contribution in [1.82, 2.24) is 29.8 Å². The van der Waals surface area contributed by atoms with Gasteiger partial charge in [0.25, 0.3) is 0 Å². The summed E-state index contributed by atoms with van der Waals surface area (Å²) in [6.45, 7) is 1.99. The van der Waals surface area contributed by atoms with Gasteiger partial charge in [0.05, 0.1) is 27.5 Å². The zero-order valence-corrected chi connectivity index (χ0v) is 15.8. The van der Waals surface area contributed by atoms with Crippen LogP contribution < -0.4 is 0 Å². The van der Waals surface area contributed by atoms with Crippen LogP contribution in [0.15, 0.2) is 55.0 Å². The van der Waals surface area contributed by atoms with Gasteiger partial charge in [0, 0.05) is 11.8 Å². The quantitative estimate of drug-likeness (QED) is 0.475. The van der Waals surface area contributed by atoms with Crippen LogP contribution in [0.4, 0.5) is 0 Å². The Labute approximate surface area is 163 Å². The Kier molecular flexibility index (Phi) is 3.77. The predicted octanol–water partition coefficient (Wildman–Crippen LogP) is 4.87. The van der Waals surface area contributed by atoms with Gasteiger partial charge in [0.2, 0.25) is 0 Å². The molecule has 8 heteroatoms. The average molecular weight is 393 g/mol. The second kappa shape index (κ2) is 6.29. The molecular formula is C19H13ClN6S. The number of benzene rings is 1. The molecule has 0 atom stereocenters. The number of rotatable bonds is 3. The van der Waals surface area contributed by atoms with Crippen LogP contribution in [0.25, 0.3) is 38.0 Å². The van der Waals surface area contributed by atoms with E-state index in [9.17, 15) is 0 Å². The van der Waals surface area contributed by atoms with Gasteiger partial charge in [-0.1, -0.05) is 35.9 Å². The Morgan fingerprint density at radius 3 is 2.78 bits per heavy atom. The fourth-order valence-corrected chi connectivity index (χ4v) is 4.47. The molecule has 0 radical (unpaired) electrons. The standard InChI is InChI=1S/C19H13ClN6S/c1-11-15(14-8-4-5-9-26(14)25-11)19-23-16(12-6-2-3-7-13(12)20)17(27-19)18-21-10-22-24-18/h2-10H,1H3,(H,21,22,24). The van der Waals surface area contributed by atoms with Crippen LogP contribution in [0.5, 0.6) is 0 Å². The van der Waals surface area contributed by atoms with Crippen LogP contribution in [-0.4, -0.2) is 29.8 Å². The van der Waals surface area contributed by atoms with Crippen LogP contribution in [0, 0.1) is 6.92 Å². The second-order valence-electron chi connectivity index (χ2n) is 5.99. The lowest BCUT2D eigenvalue weighted by atomic mass is 10.1. The summed E-state index contributed by atoms with van der Waals surface area (Å²) in [5.41, 5.74) is 4.57. The number of aromatic amines is 1. The second-order valence-corrected chi connectivity index (χ2v) is 7.40. The monoisotopic (exact) mass is 392 g/mol. The van der Waals surface area contributed by atoms with Gasteiger partial charge in [-0.05, 0) is 25.1 Å². The zero-order valence-electron chi connectivity index (χ0n) is 14.2. The lowest BCUT2D eigenvalue weighted by Gasteiger charge is -2.02. The number of fused-ring (bicyclic) bond motifs is 1. The van der Waals surface area contributed by atoms with Gasteiger partial charge in [-0.2, -0.15) is 10.2 Å². The summed E-state index contributed by atoms with van der Waals surface area (Å²) in [5.74, 6) is 0.600. The first kappa shape index (κ1) is 16.2. The predicted molar refractivity (Wildman–Crippen MR) is 107 cm³/mol. The van der Waals surface area contributed by atoms with Gasteiger partial charge in [0.15, 0.2) is 5.82 Å². The molecule has 0 aliphatic rings. The molecule has 1 aromatic carbocycles. The number of H-pyrrole nitrogens is 1. The van der Waals surface area contributed by atoms with E-state index in [1.807, 2.05) is 60.1 Å². The summed E-state index contributed by atoms with van der Waals surface area (Å²) in [5, 5.41) is 13.1. The van der Waals surface area contributed by atoms with E-state index in [1.54, 1.807) is 6.33 Å². The van der Waals surface area contributed by atoms with E-state index >= 15 is 0 Å². The van der Waals surface area contributed by atoms with E-state index in [2.05, 4.69) is 20.3 Å². The first-order valence-electron chi connectivity index (χ1n) is 8.28. The number of thiazole rings is 1. The van der Waals surface area contributed by atoms with Crippen molar-refractivity contribution in [2.45, 2.75) is 6.92 Å². The Morgan fingerprint density at radius 1 is 1.11 bits per heavy atom. The third-order valence-electron chi connectivity index (χ3n) is 4.30. The number of aryl methyl sites for hydroxylation is 1. The lowest BCUT2D eigenvalue weighted by molar-refractivity contribution is 0.934. The Bertz CT molecular complexity index is 1250. The average Bonchev–Trinajstić information content (AvgIpc) is 3.39. The van der Waals surface area contributed by atoms with Crippen molar-refractivity contribution in [3.05, 3.63) is 65.7 Å². The molecule has 0 aliphatic carbocycles. The first-order valence-corrected chi connectivity index (χ1v) is 9.48. The summed E-state index contributed by atoms with van der Waals surface area (Å²) in [7, 11) is 0. The van der Waals surface area contributed by atoms with Crippen molar-refractivity contribution in [2.24, 2.45) is 0 Å². The normalized spacial score (nSPS) is 11.3. The molecule has 4 aromatic heterocycles. The molecule has 0 saturated carbocycles. The molecule has 0 unspecified atom stereocenters. The van der Waals surface area contributed by atoms with Gasteiger partial charge >= 0.3 is 0 Å². The number of aromatic nitrogens is 6. The van der Waals surface area contributed by atoms with Gasteiger partial charge < -0.3 is 0 Å². The Hall–Kier alpha value is -3.03. The summed E-state index contributed by atoms with van der Waals surface area (Å²) in [6, 6.07) is 13.7. The molecule has 0 aliphatic heterocycles. The number of halogens is 1. The van der Waals surface area contributed by atoms with Gasteiger partial charge in [-0.25, -0.2) is 14.5 Å². The molecule has 0 saturated heterocycles. The highest BCUT2D eigenvalue weighted by atomic mass is 35.5. The summed E-state index contributed by atoms with van der Waals surface area (Å²) in [4.78, 5) is 10.1. The van der Waals surface area contributed by atoms with Crippen molar-refractivity contribution in [2.75, 3.05) is 0 Å². The smallest absolute Gasteiger partial charge is 0.193 e. The van der Waals surface area contributed by atoms with Crippen molar-refractivity contribution in [3.8, 4) is 32.5 Å². The number of nitrogens with one attached hydrogen (secondary N) is 1. The van der Waals surface area contributed by atoms with Crippen LogP contribution in [-0.2, 0) is 0 Å². The van der Waals surface area contributed by atoms with Gasteiger partial charge in [-0.15, -0.1) is 11.3 Å². The maximum atomic E-state index is 6.45. The van der Waals surface area contributed by atoms with Crippen LogP contribution >= 0.6 is 22.9 Å². The minimum atomic E-state index is 0.600. The highest BCUT2D eigenvalue weighted by molar-refractivity contribution is 7.19. The van der Waals surface area contributed by atoms with Crippen molar-refractivity contribution >= 4 is 28.5 Å². The van der Waals surface area contributed by atoms with Crippen LogP contribution in [0.3, 0.4) is 0 Å². The molecular weight excluding hydrogens is 380 g/mol. The third kappa shape index (κ3) is 2.63. The third-order valence-corrected chi connectivity index (χ3v) is 5.70. The highest BCUT2D eigenvalue weighted by Crippen LogP contribution is 2.42. The zero-order chi connectivity index (χ0) is 18.4. The van der Waals surface area contributed by atoms with E-state index < -0.39 is 0 Å². The van der Waals surface area contributed by atoms with Gasteiger partial charge in [0.1, 0.15) is 16.2 Å². The molecule has 0 bridgehead atoms. The van der Waals surface area contributed by atoms with Crippen molar-refractivity contribution < 1.29 is 0 Å². The maximum Gasteiger partial charge on any atom is 0.193 e. The SMILES string of the molecule is Cc1nn2ccccc2c1-c1nc(-c2ccccc2Cl)c(-c2nc[nH]n2)s1. The molecule has 27 heavy (non-hydrogen) atoms. The first-order chi connectivity index (χ1) is 13.2. The van der Waals surface area contributed by atoms with Crippen molar-refractivity contribution in [1.29, 1.82) is 0 Å². The molecule has 132 valence electrons. The number of hydrogen-bond acceptors (Lipinski definition) is 5. The molecule has 5 aromatic rings. The van der Waals surface area contributed by atoms with Crippen molar-refractivity contribution in [3.63, 3.8) is 0 Å². The number of nitrogens with zero attached hydrogens (tertiary/aromatic N) is 5. The number of pyridine rings is 1. The molecule has 0 amide bonds. The Balaban J connectivity index is 1.79. The fourth-order valence-electron chi connectivity index (χ4n) is 3.11. The van der Waals surface area contributed by atoms with E-state index in [4.69, 9.17) is 16.6 Å². The minimum Gasteiger partial charge on any atom is -0.265 e. The topological polar surface area (TPSA) is 71.8 Å². The largest absolute Gasteiger partial charge is 0.265 e. The molecule has 0 spiro atoms. The number of hydrogen-bond donors (Lipinski definition) is 1. The minimum absolute atomic E-state index is 0.600. The molecule has 6 nitrogen and oxygen atoms in total.